The van der Waals surface area contributed by atoms with Crippen molar-refractivity contribution in [1.82, 2.24) is 0 Å². The molecule has 0 aromatic carbocycles. The van der Waals surface area contributed by atoms with Gasteiger partial charge >= 0.3 is 5.97 Å². The Hall–Kier alpha value is -0.870. The van der Waals surface area contributed by atoms with Crippen molar-refractivity contribution in [3.63, 3.8) is 0 Å². The first-order valence-electron chi connectivity index (χ1n) is 7.10. The van der Waals surface area contributed by atoms with Crippen LogP contribution in [-0.4, -0.2) is 33.0 Å². The molecule has 19 heavy (non-hydrogen) atoms. The van der Waals surface area contributed by atoms with Crippen molar-refractivity contribution in [2.75, 3.05) is 0 Å². The Bertz CT molecular complexity index is 455. The standard InChI is InChI=1S/C15H22O4/c1-9-4-5-11(10(2)12(16)17)8-15-13(3,18)6-7-14(9,15)19-15/h9,11,18H,2,4-8H2,1,3H3,(H,16,17)/t9-,11+,13+,14+,15+/m0/s1. The van der Waals surface area contributed by atoms with Gasteiger partial charge < -0.3 is 14.9 Å². The maximum Gasteiger partial charge on any atom is 0.331 e. The van der Waals surface area contributed by atoms with Crippen molar-refractivity contribution < 1.29 is 19.7 Å². The number of epoxide rings is 1. The molecule has 4 heteroatoms. The van der Waals surface area contributed by atoms with Crippen LogP contribution in [0.25, 0.3) is 0 Å². The quantitative estimate of drug-likeness (QED) is 0.593. The van der Waals surface area contributed by atoms with E-state index in [1.165, 1.54) is 0 Å². The molecular formula is C15H22O4. The van der Waals surface area contributed by atoms with Gasteiger partial charge in [0.25, 0.3) is 0 Å². The maximum atomic E-state index is 11.2. The second kappa shape index (κ2) is 3.61. The minimum atomic E-state index is -0.931. The number of ether oxygens (including phenoxy) is 1. The predicted molar refractivity (Wildman–Crippen MR) is 69.7 cm³/mol. The topological polar surface area (TPSA) is 70.1 Å². The molecule has 2 saturated carbocycles. The molecule has 0 unspecified atom stereocenters. The van der Waals surface area contributed by atoms with Gasteiger partial charge in [0.2, 0.25) is 0 Å². The number of carboxylic acids is 1. The lowest BCUT2D eigenvalue weighted by Crippen LogP contribution is -2.43. The number of aliphatic hydroxyl groups is 1. The summed E-state index contributed by atoms with van der Waals surface area (Å²) in [5.41, 5.74) is -1.35. The number of aliphatic carboxylic acids is 1. The largest absolute Gasteiger partial charge is 0.478 e. The Kier molecular flexibility index (Phi) is 2.50. The minimum Gasteiger partial charge on any atom is -0.478 e. The molecule has 0 spiro atoms. The molecule has 2 aliphatic carbocycles. The first-order chi connectivity index (χ1) is 8.76. The summed E-state index contributed by atoms with van der Waals surface area (Å²) in [4.78, 5) is 11.2. The van der Waals surface area contributed by atoms with Gasteiger partial charge in [0.15, 0.2) is 0 Å². The van der Waals surface area contributed by atoms with Crippen molar-refractivity contribution >= 4 is 5.97 Å². The van der Waals surface area contributed by atoms with E-state index in [4.69, 9.17) is 9.84 Å². The summed E-state index contributed by atoms with van der Waals surface area (Å²) < 4.78 is 6.07. The Morgan fingerprint density at radius 2 is 2.05 bits per heavy atom. The first-order valence-corrected chi connectivity index (χ1v) is 7.10. The van der Waals surface area contributed by atoms with Crippen LogP contribution in [-0.2, 0) is 9.53 Å². The van der Waals surface area contributed by atoms with E-state index in [-0.39, 0.29) is 17.1 Å². The molecule has 106 valence electrons. The summed E-state index contributed by atoms with van der Waals surface area (Å²) in [6.07, 6.45) is 3.98. The van der Waals surface area contributed by atoms with Crippen LogP contribution in [0.3, 0.4) is 0 Å². The van der Waals surface area contributed by atoms with Crippen molar-refractivity contribution in [3.8, 4) is 0 Å². The molecule has 0 bridgehead atoms. The molecule has 2 N–H and O–H groups in total. The molecule has 3 fully saturated rings. The summed E-state index contributed by atoms with van der Waals surface area (Å²) >= 11 is 0. The number of carbonyl (C=O) groups is 1. The number of hydrogen-bond acceptors (Lipinski definition) is 3. The van der Waals surface area contributed by atoms with Gasteiger partial charge in [0.1, 0.15) is 11.2 Å². The van der Waals surface area contributed by atoms with Gasteiger partial charge in [-0.2, -0.15) is 0 Å². The summed E-state index contributed by atoms with van der Waals surface area (Å²) in [5, 5.41) is 19.8. The molecule has 4 nitrogen and oxygen atoms in total. The average Bonchev–Trinajstić information content (AvgIpc) is 2.97. The van der Waals surface area contributed by atoms with Crippen LogP contribution < -0.4 is 0 Å². The summed E-state index contributed by atoms with van der Waals surface area (Å²) in [6.45, 7) is 7.71. The molecule has 0 amide bonds. The average molecular weight is 266 g/mol. The van der Waals surface area contributed by atoms with Crippen LogP contribution in [0.5, 0.6) is 0 Å². The highest BCUT2D eigenvalue weighted by atomic mass is 16.6. The fourth-order valence-electron chi connectivity index (χ4n) is 4.52. The lowest BCUT2D eigenvalue weighted by Gasteiger charge is -2.29. The maximum absolute atomic E-state index is 11.2. The van der Waals surface area contributed by atoms with Crippen molar-refractivity contribution in [1.29, 1.82) is 0 Å². The lowest BCUT2D eigenvalue weighted by atomic mass is 9.77. The summed E-state index contributed by atoms with van der Waals surface area (Å²) in [7, 11) is 0. The fraction of sp³-hybridized carbons (Fsp3) is 0.800. The first kappa shape index (κ1) is 13.1. The van der Waals surface area contributed by atoms with E-state index in [1.807, 2.05) is 6.92 Å². The van der Waals surface area contributed by atoms with Gasteiger partial charge in [0.05, 0.1) is 5.60 Å². The van der Waals surface area contributed by atoms with Crippen LogP contribution in [0.2, 0.25) is 0 Å². The summed E-state index contributed by atoms with van der Waals surface area (Å²) in [5.74, 6) is -0.651. The second-order valence-electron chi connectivity index (χ2n) is 6.80. The molecule has 3 rings (SSSR count). The van der Waals surface area contributed by atoms with Gasteiger partial charge in [-0.3, -0.25) is 0 Å². The van der Waals surface area contributed by atoms with E-state index in [2.05, 4.69) is 13.5 Å². The highest BCUT2D eigenvalue weighted by molar-refractivity contribution is 5.86. The van der Waals surface area contributed by atoms with Gasteiger partial charge in [0, 0.05) is 5.57 Å². The minimum absolute atomic E-state index is 0.0890. The van der Waals surface area contributed by atoms with Crippen molar-refractivity contribution in [3.05, 3.63) is 12.2 Å². The van der Waals surface area contributed by atoms with E-state index >= 15 is 0 Å². The van der Waals surface area contributed by atoms with E-state index in [0.29, 0.717) is 12.3 Å². The van der Waals surface area contributed by atoms with Crippen LogP contribution in [0.15, 0.2) is 12.2 Å². The SMILES string of the molecule is C=C(C(=O)O)[C@@H]1CC[C@H](C)[C@]23CC[C@@](C)(O)[C@@]2(C1)O3. The molecule has 0 aromatic heterocycles. The zero-order chi connectivity index (χ0) is 14.1. The molecule has 1 heterocycles. The second-order valence-corrected chi connectivity index (χ2v) is 6.80. The smallest absolute Gasteiger partial charge is 0.331 e. The predicted octanol–water partition coefficient (Wildman–Crippen LogP) is 2.12. The highest BCUT2D eigenvalue weighted by Gasteiger charge is 2.82. The Morgan fingerprint density at radius 3 is 2.68 bits per heavy atom. The van der Waals surface area contributed by atoms with Gasteiger partial charge in [-0.05, 0) is 50.9 Å². The van der Waals surface area contributed by atoms with Gasteiger partial charge in [-0.15, -0.1) is 0 Å². The zero-order valence-electron chi connectivity index (χ0n) is 11.6. The third-order valence-electron chi connectivity index (χ3n) is 5.90. The van der Waals surface area contributed by atoms with Crippen LogP contribution in [0.4, 0.5) is 0 Å². The van der Waals surface area contributed by atoms with Crippen molar-refractivity contribution in [2.45, 2.75) is 62.8 Å². The van der Waals surface area contributed by atoms with Crippen molar-refractivity contribution in [2.24, 2.45) is 11.8 Å². The zero-order valence-corrected chi connectivity index (χ0v) is 11.6. The normalized spacial score (nSPS) is 51.9. The van der Waals surface area contributed by atoms with E-state index in [1.54, 1.807) is 0 Å². The monoisotopic (exact) mass is 266 g/mol. The third-order valence-corrected chi connectivity index (χ3v) is 5.90. The molecule has 1 aliphatic heterocycles. The molecule has 1 saturated heterocycles. The lowest BCUT2D eigenvalue weighted by molar-refractivity contribution is -0.133. The molecule has 0 aromatic rings. The number of carboxylic acid groups (broad SMARTS) is 1. The fourth-order valence-corrected chi connectivity index (χ4v) is 4.52. The van der Waals surface area contributed by atoms with Crippen LogP contribution in [0, 0.1) is 11.8 Å². The van der Waals surface area contributed by atoms with E-state index < -0.39 is 17.2 Å². The molecule has 5 atom stereocenters. The third kappa shape index (κ3) is 1.44. The Balaban J connectivity index is 1.94. The van der Waals surface area contributed by atoms with E-state index in [0.717, 1.165) is 25.7 Å². The van der Waals surface area contributed by atoms with Gasteiger partial charge in [-0.25, -0.2) is 4.79 Å². The number of hydrogen-bond donors (Lipinski definition) is 2. The summed E-state index contributed by atoms with van der Waals surface area (Å²) in [6, 6.07) is 0. The van der Waals surface area contributed by atoms with Gasteiger partial charge in [-0.1, -0.05) is 13.5 Å². The Labute approximate surface area is 113 Å². The van der Waals surface area contributed by atoms with Crippen LogP contribution in [0.1, 0.15) is 46.0 Å². The molecule has 0 radical (unpaired) electrons. The van der Waals surface area contributed by atoms with E-state index in [9.17, 15) is 9.90 Å². The molecule has 3 aliphatic rings. The number of rotatable bonds is 2. The molecular weight excluding hydrogens is 244 g/mol. The Morgan fingerprint density at radius 1 is 1.37 bits per heavy atom. The highest BCUT2D eigenvalue weighted by Crippen LogP contribution is 2.71. The van der Waals surface area contributed by atoms with Crippen LogP contribution >= 0.6 is 0 Å².